The molecule has 110 valence electrons. The Balaban J connectivity index is 2.15. The van der Waals surface area contributed by atoms with Gasteiger partial charge in [-0.05, 0) is 37.0 Å². The highest BCUT2D eigenvalue weighted by Crippen LogP contribution is 2.36. The van der Waals surface area contributed by atoms with E-state index in [0.717, 1.165) is 17.1 Å². The summed E-state index contributed by atoms with van der Waals surface area (Å²) in [6.07, 6.45) is 2.46. The molecule has 1 amide bonds. The second-order valence-electron chi connectivity index (χ2n) is 5.14. The number of ether oxygens (including phenoxy) is 2. The highest BCUT2D eigenvalue weighted by Gasteiger charge is 2.31. The van der Waals surface area contributed by atoms with Crippen LogP contribution < -0.4 is 15.4 Å². The zero-order chi connectivity index (χ0) is 14.5. The van der Waals surface area contributed by atoms with Gasteiger partial charge in [0.1, 0.15) is 5.75 Å². The average molecular weight is 278 g/mol. The summed E-state index contributed by atoms with van der Waals surface area (Å²) in [7, 11) is 3.35. The Kier molecular flexibility index (Phi) is 4.84. The van der Waals surface area contributed by atoms with Gasteiger partial charge in [0.25, 0.3) is 0 Å². The average Bonchev–Trinajstić information content (AvgIpc) is 3.22. The molecule has 0 heterocycles. The van der Waals surface area contributed by atoms with Gasteiger partial charge in [-0.3, -0.25) is 4.79 Å². The van der Waals surface area contributed by atoms with Crippen LogP contribution in [0.1, 0.15) is 19.8 Å². The molecule has 5 nitrogen and oxygen atoms in total. The fraction of sp³-hybridized carbons (Fsp3) is 0.533. The molecule has 0 spiro atoms. The van der Waals surface area contributed by atoms with E-state index in [1.54, 1.807) is 14.2 Å². The molecular formula is C15H22N2O3. The predicted octanol–water partition coefficient (Wildman–Crippen LogP) is 2.49. The van der Waals surface area contributed by atoms with Crippen molar-refractivity contribution in [3.63, 3.8) is 0 Å². The molecule has 0 saturated heterocycles. The third kappa shape index (κ3) is 3.87. The van der Waals surface area contributed by atoms with Crippen molar-refractivity contribution in [1.29, 1.82) is 0 Å². The molecule has 20 heavy (non-hydrogen) atoms. The zero-order valence-corrected chi connectivity index (χ0v) is 12.2. The van der Waals surface area contributed by atoms with Crippen LogP contribution in [0.4, 0.5) is 11.4 Å². The lowest BCUT2D eigenvalue weighted by Crippen LogP contribution is -2.27. The third-order valence-electron chi connectivity index (χ3n) is 3.40. The lowest BCUT2D eigenvalue weighted by molar-refractivity contribution is -0.114. The first-order chi connectivity index (χ1) is 9.63. The van der Waals surface area contributed by atoms with Crippen molar-refractivity contribution in [3.8, 4) is 5.75 Å². The molecule has 0 aliphatic heterocycles. The van der Waals surface area contributed by atoms with Gasteiger partial charge in [0.15, 0.2) is 0 Å². The van der Waals surface area contributed by atoms with Crippen molar-refractivity contribution in [3.05, 3.63) is 18.2 Å². The molecule has 1 unspecified atom stereocenters. The fourth-order valence-corrected chi connectivity index (χ4v) is 2.28. The van der Waals surface area contributed by atoms with E-state index in [1.807, 2.05) is 18.2 Å². The van der Waals surface area contributed by atoms with Crippen LogP contribution in [-0.4, -0.2) is 32.8 Å². The van der Waals surface area contributed by atoms with Gasteiger partial charge in [0, 0.05) is 19.7 Å². The van der Waals surface area contributed by atoms with Crippen molar-refractivity contribution in [2.75, 3.05) is 31.5 Å². The first-order valence-electron chi connectivity index (χ1n) is 6.85. The van der Waals surface area contributed by atoms with Crippen LogP contribution in [0.5, 0.6) is 5.75 Å². The molecule has 0 radical (unpaired) electrons. The molecule has 0 aromatic heterocycles. The number of rotatable bonds is 7. The molecule has 1 aromatic rings. The van der Waals surface area contributed by atoms with Crippen LogP contribution in [0.2, 0.25) is 0 Å². The summed E-state index contributed by atoms with van der Waals surface area (Å²) >= 11 is 0. The Morgan fingerprint density at radius 1 is 1.40 bits per heavy atom. The van der Waals surface area contributed by atoms with E-state index in [-0.39, 0.29) is 11.9 Å². The highest BCUT2D eigenvalue weighted by molar-refractivity contribution is 5.89. The van der Waals surface area contributed by atoms with Crippen LogP contribution in [0.15, 0.2) is 18.2 Å². The van der Waals surface area contributed by atoms with Crippen molar-refractivity contribution in [1.82, 2.24) is 0 Å². The minimum Gasteiger partial charge on any atom is -0.495 e. The molecule has 0 bridgehead atoms. The van der Waals surface area contributed by atoms with E-state index in [4.69, 9.17) is 9.47 Å². The zero-order valence-electron chi connectivity index (χ0n) is 12.2. The highest BCUT2D eigenvalue weighted by atomic mass is 16.5. The minimum absolute atomic E-state index is 0.0863. The maximum Gasteiger partial charge on any atom is 0.221 e. The quantitative estimate of drug-likeness (QED) is 0.804. The van der Waals surface area contributed by atoms with Crippen molar-refractivity contribution < 1.29 is 14.3 Å². The number of nitrogens with one attached hydrogen (secondary N) is 2. The smallest absolute Gasteiger partial charge is 0.221 e. The normalized spacial score (nSPS) is 15.6. The lowest BCUT2D eigenvalue weighted by atomic mass is 10.1. The monoisotopic (exact) mass is 278 g/mol. The number of anilines is 2. The van der Waals surface area contributed by atoms with Gasteiger partial charge in [-0.2, -0.15) is 0 Å². The molecule has 1 aliphatic rings. The Labute approximate surface area is 119 Å². The number of hydrogen-bond donors (Lipinski definition) is 2. The maximum absolute atomic E-state index is 11.1. The van der Waals surface area contributed by atoms with Gasteiger partial charge in [-0.25, -0.2) is 0 Å². The second kappa shape index (κ2) is 6.61. The first kappa shape index (κ1) is 14.7. The predicted molar refractivity (Wildman–Crippen MR) is 79.3 cm³/mol. The van der Waals surface area contributed by atoms with E-state index < -0.39 is 0 Å². The SMILES string of the molecule is COCC(Nc1cc(NC(C)=O)ccc1OC)C1CC1. The van der Waals surface area contributed by atoms with Gasteiger partial charge in [0.2, 0.25) is 5.91 Å². The van der Waals surface area contributed by atoms with Gasteiger partial charge < -0.3 is 20.1 Å². The summed E-state index contributed by atoms with van der Waals surface area (Å²) in [5, 5.41) is 6.25. The van der Waals surface area contributed by atoms with Crippen LogP contribution in [0, 0.1) is 5.92 Å². The van der Waals surface area contributed by atoms with Gasteiger partial charge in [0.05, 0.1) is 25.4 Å². The Hall–Kier alpha value is -1.75. The molecule has 5 heteroatoms. The largest absolute Gasteiger partial charge is 0.495 e. The maximum atomic E-state index is 11.1. The minimum atomic E-state index is -0.0863. The van der Waals surface area contributed by atoms with Gasteiger partial charge >= 0.3 is 0 Å². The summed E-state index contributed by atoms with van der Waals surface area (Å²) in [4.78, 5) is 11.1. The summed E-state index contributed by atoms with van der Waals surface area (Å²) in [5.74, 6) is 1.33. The van der Waals surface area contributed by atoms with Crippen molar-refractivity contribution in [2.24, 2.45) is 5.92 Å². The number of carbonyl (C=O) groups is 1. The van der Waals surface area contributed by atoms with Gasteiger partial charge in [-0.1, -0.05) is 0 Å². The summed E-state index contributed by atoms with van der Waals surface area (Å²) in [6.45, 7) is 2.16. The molecular weight excluding hydrogens is 256 g/mol. The topological polar surface area (TPSA) is 59.6 Å². The van der Waals surface area contributed by atoms with Gasteiger partial charge in [-0.15, -0.1) is 0 Å². The molecule has 1 saturated carbocycles. The molecule has 2 N–H and O–H groups in total. The lowest BCUT2D eigenvalue weighted by Gasteiger charge is -2.21. The number of amides is 1. The Morgan fingerprint density at radius 2 is 2.15 bits per heavy atom. The second-order valence-corrected chi connectivity index (χ2v) is 5.14. The summed E-state index contributed by atoms with van der Waals surface area (Å²) in [5.41, 5.74) is 1.64. The molecule has 1 atom stereocenters. The van der Waals surface area contributed by atoms with Crippen LogP contribution in [0.25, 0.3) is 0 Å². The number of carbonyl (C=O) groups excluding carboxylic acids is 1. The van der Waals surface area contributed by atoms with E-state index in [2.05, 4.69) is 10.6 Å². The molecule has 1 aliphatic carbocycles. The standard InChI is InChI=1S/C15H22N2O3/c1-10(18)16-12-6-7-15(20-3)13(8-12)17-14(9-19-2)11-4-5-11/h6-8,11,14,17H,4-5,9H2,1-3H3,(H,16,18). The van der Waals surface area contributed by atoms with E-state index in [0.29, 0.717) is 12.5 Å². The number of hydrogen-bond acceptors (Lipinski definition) is 4. The summed E-state index contributed by atoms with van der Waals surface area (Å²) < 4.78 is 10.6. The van der Waals surface area contributed by atoms with Crippen molar-refractivity contribution >= 4 is 17.3 Å². The molecule has 2 rings (SSSR count). The third-order valence-corrected chi connectivity index (χ3v) is 3.40. The number of methoxy groups -OCH3 is 2. The molecule has 1 fully saturated rings. The van der Waals surface area contributed by atoms with E-state index in [1.165, 1.54) is 19.8 Å². The van der Waals surface area contributed by atoms with Crippen LogP contribution in [-0.2, 0) is 9.53 Å². The van der Waals surface area contributed by atoms with E-state index >= 15 is 0 Å². The molecule has 1 aromatic carbocycles. The van der Waals surface area contributed by atoms with Crippen molar-refractivity contribution in [2.45, 2.75) is 25.8 Å². The van der Waals surface area contributed by atoms with E-state index in [9.17, 15) is 4.79 Å². The van der Waals surface area contributed by atoms with Crippen LogP contribution in [0.3, 0.4) is 0 Å². The van der Waals surface area contributed by atoms with Crippen LogP contribution >= 0.6 is 0 Å². The summed E-state index contributed by atoms with van der Waals surface area (Å²) in [6, 6.07) is 5.85. The Bertz CT molecular complexity index is 472. The Morgan fingerprint density at radius 3 is 2.70 bits per heavy atom. The fourth-order valence-electron chi connectivity index (χ4n) is 2.28. The first-order valence-corrected chi connectivity index (χ1v) is 6.85. The number of benzene rings is 1.